The summed E-state index contributed by atoms with van der Waals surface area (Å²) >= 11 is 1.49. The van der Waals surface area contributed by atoms with Gasteiger partial charge in [0.15, 0.2) is 23.0 Å². The second-order valence-corrected chi connectivity index (χ2v) is 7.65. The molecule has 3 aromatic rings. The van der Waals surface area contributed by atoms with Crippen LogP contribution in [0.4, 0.5) is 0 Å². The molecular formula is C23H23NO6S. The second-order valence-electron chi connectivity index (χ2n) is 6.79. The van der Waals surface area contributed by atoms with E-state index in [9.17, 15) is 4.79 Å². The lowest BCUT2D eigenvalue weighted by molar-refractivity contribution is -0.145. The summed E-state index contributed by atoms with van der Waals surface area (Å²) in [4.78, 5) is 16.7. The summed E-state index contributed by atoms with van der Waals surface area (Å²) in [5.74, 6) is 2.53. The number of hydrogen-bond acceptors (Lipinski definition) is 8. The van der Waals surface area contributed by atoms with Crippen molar-refractivity contribution in [1.82, 2.24) is 4.98 Å². The van der Waals surface area contributed by atoms with E-state index in [1.807, 2.05) is 48.7 Å². The van der Waals surface area contributed by atoms with Gasteiger partial charge < -0.3 is 23.7 Å². The van der Waals surface area contributed by atoms with Crippen LogP contribution < -0.4 is 18.9 Å². The zero-order valence-corrected chi connectivity index (χ0v) is 18.2. The van der Waals surface area contributed by atoms with Crippen molar-refractivity contribution in [1.29, 1.82) is 0 Å². The highest BCUT2D eigenvalue weighted by atomic mass is 32.1. The third-order valence-electron chi connectivity index (χ3n) is 4.70. The van der Waals surface area contributed by atoms with Crippen molar-refractivity contribution in [2.24, 2.45) is 0 Å². The molecule has 0 amide bonds. The number of ether oxygens (including phenoxy) is 5. The molecule has 0 saturated heterocycles. The first-order chi connectivity index (χ1) is 15.2. The van der Waals surface area contributed by atoms with Crippen LogP contribution >= 0.6 is 11.3 Å². The molecule has 0 spiro atoms. The number of aromatic nitrogens is 1. The Hall–Kier alpha value is -3.26. The van der Waals surface area contributed by atoms with E-state index in [4.69, 9.17) is 23.7 Å². The molecule has 1 aromatic heterocycles. The molecule has 2 heterocycles. The highest BCUT2D eigenvalue weighted by molar-refractivity contribution is 7.13. The molecule has 0 bridgehead atoms. The van der Waals surface area contributed by atoms with Gasteiger partial charge in [0.25, 0.3) is 0 Å². The summed E-state index contributed by atoms with van der Waals surface area (Å²) in [5, 5.41) is 2.72. The number of thiazole rings is 1. The second kappa shape index (κ2) is 9.70. The van der Waals surface area contributed by atoms with Gasteiger partial charge in [-0.05, 0) is 49.2 Å². The van der Waals surface area contributed by atoms with Gasteiger partial charge in [-0.3, -0.25) is 4.79 Å². The van der Waals surface area contributed by atoms with Crippen molar-refractivity contribution in [2.45, 2.75) is 26.4 Å². The number of rotatable bonds is 9. The first kappa shape index (κ1) is 21.0. The van der Waals surface area contributed by atoms with Crippen molar-refractivity contribution in [3.05, 3.63) is 53.0 Å². The predicted molar refractivity (Wildman–Crippen MR) is 116 cm³/mol. The quantitative estimate of drug-likeness (QED) is 0.448. The lowest BCUT2D eigenvalue weighted by Crippen LogP contribution is -2.06. The molecular weight excluding hydrogens is 418 g/mol. The molecule has 0 fully saturated rings. The maximum atomic E-state index is 12.1. The van der Waals surface area contributed by atoms with E-state index in [1.165, 1.54) is 11.3 Å². The largest absolute Gasteiger partial charge is 0.493 e. The van der Waals surface area contributed by atoms with Crippen LogP contribution in [0.5, 0.6) is 23.0 Å². The average molecular weight is 442 g/mol. The fourth-order valence-electron chi connectivity index (χ4n) is 3.15. The topological polar surface area (TPSA) is 76.1 Å². The minimum Gasteiger partial charge on any atom is -0.493 e. The Morgan fingerprint density at radius 1 is 1.13 bits per heavy atom. The molecule has 4 rings (SSSR count). The molecule has 1 aliphatic heterocycles. The van der Waals surface area contributed by atoms with Gasteiger partial charge in [0, 0.05) is 17.4 Å². The zero-order valence-electron chi connectivity index (χ0n) is 17.4. The summed E-state index contributed by atoms with van der Waals surface area (Å²) in [6.45, 7) is 2.87. The molecule has 0 aliphatic carbocycles. The van der Waals surface area contributed by atoms with Crippen LogP contribution in [0.15, 0.2) is 41.8 Å². The van der Waals surface area contributed by atoms with Gasteiger partial charge in [-0.1, -0.05) is 6.07 Å². The maximum absolute atomic E-state index is 12.1. The lowest BCUT2D eigenvalue weighted by Gasteiger charge is -2.09. The molecule has 2 aromatic carbocycles. The van der Waals surface area contributed by atoms with Gasteiger partial charge in [0.05, 0.1) is 19.4 Å². The van der Waals surface area contributed by atoms with Crippen molar-refractivity contribution < 1.29 is 28.5 Å². The highest BCUT2D eigenvalue weighted by Gasteiger charge is 2.15. The SMILES string of the molecule is CCOc1ccc(-c2nc(COC(=O)CCc3ccc4c(c3)OCO4)cs2)cc1OC. The van der Waals surface area contributed by atoms with Gasteiger partial charge in [0.2, 0.25) is 6.79 Å². The Labute approximate surface area is 184 Å². The summed E-state index contributed by atoms with van der Waals surface area (Å²) in [5.41, 5.74) is 2.64. The van der Waals surface area contributed by atoms with E-state index in [0.29, 0.717) is 36.0 Å². The Bertz CT molecular complexity index is 1060. The van der Waals surface area contributed by atoms with Crippen LogP contribution in [0.3, 0.4) is 0 Å². The first-order valence-electron chi connectivity index (χ1n) is 9.96. The zero-order chi connectivity index (χ0) is 21.6. The third kappa shape index (κ3) is 5.08. The molecule has 0 atom stereocenters. The summed E-state index contributed by atoms with van der Waals surface area (Å²) in [6.07, 6.45) is 0.858. The van der Waals surface area contributed by atoms with E-state index in [2.05, 4.69) is 4.98 Å². The van der Waals surface area contributed by atoms with E-state index in [-0.39, 0.29) is 25.8 Å². The average Bonchev–Trinajstić information content (AvgIpc) is 3.46. The van der Waals surface area contributed by atoms with Crippen LogP contribution in [0.1, 0.15) is 24.6 Å². The Morgan fingerprint density at radius 2 is 2.00 bits per heavy atom. The van der Waals surface area contributed by atoms with E-state index < -0.39 is 0 Å². The third-order valence-corrected chi connectivity index (χ3v) is 5.64. The molecule has 0 saturated carbocycles. The summed E-state index contributed by atoms with van der Waals surface area (Å²) in [6, 6.07) is 11.4. The number of aryl methyl sites for hydroxylation is 1. The minimum atomic E-state index is -0.269. The van der Waals surface area contributed by atoms with Gasteiger partial charge in [0.1, 0.15) is 11.6 Å². The molecule has 0 radical (unpaired) electrons. The van der Waals surface area contributed by atoms with Crippen LogP contribution in [-0.2, 0) is 22.6 Å². The molecule has 1 aliphatic rings. The van der Waals surface area contributed by atoms with Crippen molar-refractivity contribution in [2.75, 3.05) is 20.5 Å². The van der Waals surface area contributed by atoms with Crippen molar-refractivity contribution >= 4 is 17.3 Å². The maximum Gasteiger partial charge on any atom is 0.306 e. The Kier molecular flexibility index (Phi) is 6.57. The number of hydrogen-bond donors (Lipinski definition) is 0. The van der Waals surface area contributed by atoms with Gasteiger partial charge in [-0.25, -0.2) is 4.98 Å². The molecule has 162 valence electrons. The number of esters is 1. The number of nitrogens with zero attached hydrogens (tertiary/aromatic N) is 1. The normalized spacial score (nSPS) is 11.9. The van der Waals surface area contributed by atoms with Gasteiger partial charge in [-0.15, -0.1) is 11.3 Å². The van der Waals surface area contributed by atoms with E-state index in [1.54, 1.807) is 7.11 Å². The fraction of sp³-hybridized carbons (Fsp3) is 0.304. The minimum absolute atomic E-state index is 0.143. The predicted octanol–water partition coefficient (Wildman–Crippen LogP) is 4.62. The lowest BCUT2D eigenvalue weighted by atomic mass is 10.1. The number of fused-ring (bicyclic) bond motifs is 1. The van der Waals surface area contributed by atoms with Crippen LogP contribution in [0, 0.1) is 0 Å². The fourth-order valence-corrected chi connectivity index (χ4v) is 3.95. The highest BCUT2D eigenvalue weighted by Crippen LogP contribution is 2.34. The van der Waals surface area contributed by atoms with Crippen LogP contribution in [0.25, 0.3) is 10.6 Å². The summed E-state index contributed by atoms with van der Waals surface area (Å²) in [7, 11) is 1.61. The van der Waals surface area contributed by atoms with Crippen LogP contribution in [-0.4, -0.2) is 31.5 Å². The van der Waals surface area contributed by atoms with Gasteiger partial charge >= 0.3 is 5.97 Å². The smallest absolute Gasteiger partial charge is 0.306 e. The van der Waals surface area contributed by atoms with Crippen molar-refractivity contribution in [3.63, 3.8) is 0 Å². The number of benzene rings is 2. The standard InChI is InChI=1S/C23H23NO6S/c1-3-27-18-8-6-16(11-20(18)26-2)23-24-17(13-31-23)12-28-22(25)9-5-15-4-7-19-21(10-15)30-14-29-19/h4,6-8,10-11,13H,3,5,9,12,14H2,1-2H3. The van der Waals surface area contributed by atoms with E-state index >= 15 is 0 Å². The van der Waals surface area contributed by atoms with Crippen LogP contribution in [0.2, 0.25) is 0 Å². The number of carbonyl (C=O) groups excluding carboxylic acids is 1. The van der Waals surface area contributed by atoms with Gasteiger partial charge in [-0.2, -0.15) is 0 Å². The molecule has 7 nitrogen and oxygen atoms in total. The monoisotopic (exact) mass is 441 g/mol. The number of methoxy groups -OCH3 is 1. The Balaban J connectivity index is 1.30. The molecule has 8 heteroatoms. The molecule has 0 unspecified atom stereocenters. The Morgan fingerprint density at radius 3 is 2.84 bits per heavy atom. The van der Waals surface area contributed by atoms with E-state index in [0.717, 1.165) is 21.9 Å². The molecule has 31 heavy (non-hydrogen) atoms. The van der Waals surface area contributed by atoms with Crippen molar-refractivity contribution in [3.8, 4) is 33.6 Å². The number of carbonyl (C=O) groups is 1. The first-order valence-corrected chi connectivity index (χ1v) is 10.8. The molecule has 0 N–H and O–H groups in total. The summed E-state index contributed by atoms with van der Waals surface area (Å²) < 4.78 is 27.0.